The van der Waals surface area contributed by atoms with Crippen LogP contribution in [-0.2, 0) is 0 Å². The van der Waals surface area contributed by atoms with Crippen LogP contribution in [0.5, 0.6) is 0 Å². The van der Waals surface area contributed by atoms with E-state index in [0.717, 1.165) is 22.6 Å². The number of rotatable bonds is 1. The Bertz CT molecular complexity index is 131. The third-order valence-electron chi connectivity index (χ3n) is 0.415. The molecule has 0 N–H and O–H groups in total. The molecule has 0 aliphatic carbocycles. The standard InChI is InChI=1S/C3F2I4/c4-3(5,9)1(6)2(7)8. The average Bonchev–Trinajstić information content (AvgIpc) is 1.62. The molecule has 0 fully saturated rings. The van der Waals surface area contributed by atoms with E-state index in [4.69, 9.17) is 0 Å². The van der Waals surface area contributed by atoms with Crippen molar-refractivity contribution in [2.24, 2.45) is 0 Å². The molecular formula is C3F2I4. The molecule has 0 spiro atoms. The van der Waals surface area contributed by atoms with Gasteiger partial charge in [-0.3, -0.25) is 0 Å². The van der Waals surface area contributed by atoms with E-state index in [1.807, 2.05) is 45.2 Å². The second-order valence-corrected chi connectivity index (χ2v) is 7.73. The number of hydrogen-bond acceptors (Lipinski definition) is 0. The van der Waals surface area contributed by atoms with E-state index in [-0.39, 0.29) is 3.58 Å². The minimum absolute atomic E-state index is 0.0990. The zero-order valence-electron chi connectivity index (χ0n) is 3.77. The van der Waals surface area contributed by atoms with E-state index < -0.39 is 3.93 Å². The van der Waals surface area contributed by atoms with Gasteiger partial charge >= 0.3 is 3.93 Å². The Balaban J connectivity index is 4.40. The van der Waals surface area contributed by atoms with E-state index in [1.54, 1.807) is 22.6 Å². The highest BCUT2D eigenvalue weighted by atomic mass is 127. The zero-order valence-corrected chi connectivity index (χ0v) is 12.4. The first-order chi connectivity index (χ1) is 3.85. The minimum atomic E-state index is -2.70. The molecule has 9 heavy (non-hydrogen) atoms. The summed E-state index contributed by atoms with van der Waals surface area (Å²) in [4.78, 5) is 0. The molecule has 0 aliphatic heterocycles. The molecule has 0 bridgehead atoms. The van der Waals surface area contributed by atoms with Gasteiger partial charge in [0.2, 0.25) is 0 Å². The van der Waals surface area contributed by atoms with Gasteiger partial charge in [-0.05, 0) is 67.8 Å². The van der Waals surface area contributed by atoms with Gasteiger partial charge in [0.15, 0.2) is 0 Å². The van der Waals surface area contributed by atoms with Gasteiger partial charge in [0.1, 0.15) is 0 Å². The second kappa shape index (κ2) is 4.52. The molecule has 0 heterocycles. The summed E-state index contributed by atoms with van der Waals surface area (Å²) in [7, 11) is 0. The van der Waals surface area contributed by atoms with Crippen molar-refractivity contribution in [2.45, 2.75) is 3.93 Å². The van der Waals surface area contributed by atoms with Gasteiger partial charge in [-0.25, -0.2) is 0 Å². The molecule has 0 nitrogen and oxygen atoms in total. The maximum atomic E-state index is 12.3. The highest BCUT2D eigenvalue weighted by molar-refractivity contribution is 14.2. The summed E-state index contributed by atoms with van der Waals surface area (Å²) in [6.07, 6.45) is 0. The van der Waals surface area contributed by atoms with Crippen LogP contribution < -0.4 is 0 Å². The highest BCUT2D eigenvalue weighted by Crippen LogP contribution is 2.41. The van der Waals surface area contributed by atoms with Crippen LogP contribution in [0.4, 0.5) is 8.78 Å². The van der Waals surface area contributed by atoms with Crippen LogP contribution in [0.3, 0.4) is 0 Å². The summed E-state index contributed by atoms with van der Waals surface area (Å²) >= 11 is 6.49. The Kier molecular flexibility index (Phi) is 5.79. The topological polar surface area (TPSA) is 0 Å². The van der Waals surface area contributed by atoms with Crippen LogP contribution in [0.15, 0.2) is 5.17 Å². The first kappa shape index (κ1) is 11.5. The summed E-state index contributed by atoms with van der Waals surface area (Å²) in [6.45, 7) is 0. The second-order valence-electron chi connectivity index (χ2n) is 1.07. The molecule has 0 aliphatic rings. The van der Waals surface area contributed by atoms with Crippen molar-refractivity contribution in [1.82, 2.24) is 0 Å². The van der Waals surface area contributed by atoms with Crippen LogP contribution in [0.25, 0.3) is 0 Å². The van der Waals surface area contributed by atoms with Gasteiger partial charge in [-0.1, -0.05) is 0 Å². The van der Waals surface area contributed by atoms with Crippen molar-refractivity contribution in [3.05, 3.63) is 5.17 Å². The number of alkyl halides is 3. The maximum Gasteiger partial charge on any atom is 0.328 e. The Hall–Kier alpha value is 2.52. The molecule has 0 saturated carbocycles. The molecule has 0 saturated heterocycles. The van der Waals surface area contributed by atoms with Gasteiger partial charge in [0, 0.05) is 22.6 Å². The minimum Gasteiger partial charge on any atom is -0.189 e. The van der Waals surface area contributed by atoms with E-state index in [9.17, 15) is 8.78 Å². The summed E-state index contributed by atoms with van der Waals surface area (Å²) in [5, 5.41) is 0. The lowest BCUT2D eigenvalue weighted by atomic mass is 10.7. The third-order valence-corrected chi connectivity index (χ3v) is 6.35. The first-order valence-corrected chi connectivity index (χ1v) is 5.95. The molecular weight excluding hydrogens is 582 g/mol. The fraction of sp³-hybridized carbons (Fsp3) is 0.333. The Morgan fingerprint density at radius 1 is 1.11 bits per heavy atom. The lowest BCUT2D eigenvalue weighted by Gasteiger charge is -2.05. The fourth-order valence-corrected chi connectivity index (χ4v) is 2.09. The van der Waals surface area contributed by atoms with Gasteiger partial charge in [-0.15, -0.1) is 0 Å². The van der Waals surface area contributed by atoms with Crippen molar-refractivity contribution < 1.29 is 8.78 Å². The quantitative estimate of drug-likeness (QED) is 0.317. The van der Waals surface area contributed by atoms with Crippen molar-refractivity contribution in [3.63, 3.8) is 0 Å². The number of hydrogen-bond donors (Lipinski definition) is 0. The third kappa shape index (κ3) is 4.87. The first-order valence-electron chi connectivity index (χ1n) is 1.63. The fourth-order valence-electron chi connectivity index (χ4n) is 0.107. The van der Waals surface area contributed by atoms with Gasteiger partial charge in [0.05, 0.1) is 5.17 Å². The molecule has 0 aromatic carbocycles. The summed E-state index contributed by atoms with van der Waals surface area (Å²) in [5.74, 6) is 0. The van der Waals surface area contributed by atoms with Gasteiger partial charge < -0.3 is 0 Å². The van der Waals surface area contributed by atoms with E-state index in [2.05, 4.69) is 0 Å². The van der Waals surface area contributed by atoms with E-state index >= 15 is 0 Å². The molecule has 0 radical (unpaired) electrons. The SMILES string of the molecule is FC(F)(I)C(I)=C(I)I. The monoisotopic (exact) mass is 582 g/mol. The molecule has 0 aromatic heterocycles. The van der Waals surface area contributed by atoms with Crippen LogP contribution in [0, 0.1) is 0 Å². The van der Waals surface area contributed by atoms with Gasteiger partial charge in [0.25, 0.3) is 0 Å². The summed E-state index contributed by atoms with van der Waals surface area (Å²) in [5.41, 5.74) is 0. The van der Waals surface area contributed by atoms with Crippen molar-refractivity contribution in [2.75, 3.05) is 0 Å². The van der Waals surface area contributed by atoms with E-state index in [0.29, 0.717) is 1.59 Å². The predicted molar refractivity (Wildman–Crippen MR) is 68.1 cm³/mol. The summed E-state index contributed by atoms with van der Waals surface area (Å²) in [6, 6.07) is 0. The molecule has 54 valence electrons. The van der Waals surface area contributed by atoms with Crippen LogP contribution in [-0.4, -0.2) is 3.93 Å². The molecule has 0 unspecified atom stereocenters. The maximum absolute atomic E-state index is 12.3. The Morgan fingerprint density at radius 3 is 1.44 bits per heavy atom. The normalized spacial score (nSPS) is 11.3. The molecule has 0 aromatic rings. The zero-order chi connectivity index (χ0) is 7.65. The van der Waals surface area contributed by atoms with Crippen LogP contribution >= 0.6 is 90.4 Å². The molecule has 0 rings (SSSR count). The number of allylic oxidation sites excluding steroid dienone is 1. The van der Waals surface area contributed by atoms with Crippen molar-refractivity contribution >= 4 is 90.4 Å². The predicted octanol–water partition coefficient (Wildman–Crippen LogP) is 4.49. The van der Waals surface area contributed by atoms with Crippen LogP contribution in [0.1, 0.15) is 0 Å². The molecule has 0 amide bonds. The largest absolute Gasteiger partial charge is 0.328 e. The van der Waals surface area contributed by atoms with E-state index in [1.165, 1.54) is 0 Å². The van der Waals surface area contributed by atoms with Crippen molar-refractivity contribution in [1.29, 1.82) is 0 Å². The Labute approximate surface area is 106 Å². The smallest absolute Gasteiger partial charge is 0.189 e. The van der Waals surface area contributed by atoms with Crippen molar-refractivity contribution in [3.8, 4) is 0 Å². The molecule has 0 atom stereocenters. The Morgan fingerprint density at radius 2 is 1.44 bits per heavy atom. The lowest BCUT2D eigenvalue weighted by Crippen LogP contribution is -2.03. The van der Waals surface area contributed by atoms with Crippen LogP contribution in [0.2, 0.25) is 0 Å². The van der Waals surface area contributed by atoms with Gasteiger partial charge in [-0.2, -0.15) is 8.78 Å². The summed E-state index contributed by atoms with van der Waals surface area (Å²) < 4.78 is 22.6. The average molecular weight is 582 g/mol. The number of halogens is 6. The highest BCUT2D eigenvalue weighted by Gasteiger charge is 2.29. The lowest BCUT2D eigenvalue weighted by molar-refractivity contribution is 0.182. The molecule has 6 heteroatoms.